The van der Waals surface area contributed by atoms with Crippen LogP contribution in [0.3, 0.4) is 0 Å². The molecule has 0 amide bonds. The maximum atomic E-state index is 2.63. The Balaban J connectivity index is 1.63. The van der Waals surface area contributed by atoms with Crippen LogP contribution in [0.15, 0.2) is 0 Å². The van der Waals surface area contributed by atoms with Crippen molar-refractivity contribution in [3.8, 4) is 0 Å². The highest BCUT2D eigenvalue weighted by Gasteiger charge is 2.22. The van der Waals surface area contributed by atoms with E-state index in [0.717, 1.165) is 12.0 Å². The van der Waals surface area contributed by atoms with Gasteiger partial charge in [0.15, 0.2) is 0 Å². The monoisotopic (exact) mass is 253 g/mol. The van der Waals surface area contributed by atoms with Crippen molar-refractivity contribution in [2.24, 2.45) is 5.92 Å². The Morgan fingerprint density at radius 2 is 1.61 bits per heavy atom. The Labute approximate surface area is 113 Å². The number of hydrogen-bond donors (Lipinski definition) is 0. The summed E-state index contributed by atoms with van der Waals surface area (Å²) in [6, 6.07) is 0.855. The highest BCUT2D eigenvalue weighted by molar-refractivity contribution is 4.78. The lowest BCUT2D eigenvalue weighted by molar-refractivity contribution is 0.116. The van der Waals surface area contributed by atoms with Crippen LogP contribution in [0.1, 0.15) is 32.6 Å². The minimum absolute atomic E-state index is 0.855. The average Bonchev–Trinajstić information content (AvgIpc) is 2.38. The molecule has 1 aliphatic heterocycles. The molecule has 0 spiro atoms. The van der Waals surface area contributed by atoms with E-state index in [9.17, 15) is 0 Å². The van der Waals surface area contributed by atoms with Crippen LogP contribution in [0, 0.1) is 5.92 Å². The summed E-state index contributed by atoms with van der Waals surface area (Å²) < 4.78 is 0. The Kier molecular flexibility index (Phi) is 5.46. The lowest BCUT2D eigenvalue weighted by Crippen LogP contribution is -2.47. The van der Waals surface area contributed by atoms with Gasteiger partial charge in [0.2, 0.25) is 0 Å². The molecular formula is C15H31N3. The van der Waals surface area contributed by atoms with Crippen LogP contribution in [-0.2, 0) is 0 Å². The smallest absolute Gasteiger partial charge is 0.0110 e. The molecule has 0 aromatic rings. The molecule has 106 valence electrons. The van der Waals surface area contributed by atoms with E-state index >= 15 is 0 Å². The number of piperazine rings is 1. The maximum absolute atomic E-state index is 2.63. The van der Waals surface area contributed by atoms with Crippen molar-refractivity contribution in [1.82, 2.24) is 14.7 Å². The summed E-state index contributed by atoms with van der Waals surface area (Å²) in [6.45, 7) is 9.91. The van der Waals surface area contributed by atoms with Gasteiger partial charge in [0.25, 0.3) is 0 Å². The van der Waals surface area contributed by atoms with Crippen LogP contribution < -0.4 is 0 Å². The molecule has 1 saturated heterocycles. The molecule has 3 nitrogen and oxygen atoms in total. The molecule has 3 heteroatoms. The second-order valence-electron chi connectivity index (χ2n) is 6.54. The summed E-state index contributed by atoms with van der Waals surface area (Å²) >= 11 is 0. The van der Waals surface area contributed by atoms with Gasteiger partial charge in [-0.25, -0.2) is 0 Å². The van der Waals surface area contributed by atoms with E-state index < -0.39 is 0 Å². The maximum Gasteiger partial charge on any atom is 0.0110 e. The fourth-order valence-electron chi connectivity index (χ4n) is 3.24. The molecule has 0 aromatic carbocycles. The number of nitrogens with zero attached hydrogens (tertiary/aromatic N) is 3. The van der Waals surface area contributed by atoms with Crippen LogP contribution in [0.5, 0.6) is 0 Å². The molecule has 0 unspecified atom stereocenters. The van der Waals surface area contributed by atoms with Gasteiger partial charge in [0.1, 0.15) is 0 Å². The zero-order chi connectivity index (χ0) is 13.0. The van der Waals surface area contributed by atoms with Crippen LogP contribution >= 0.6 is 0 Å². The summed E-state index contributed by atoms with van der Waals surface area (Å²) in [4.78, 5) is 7.68. The summed E-state index contributed by atoms with van der Waals surface area (Å²) in [5.74, 6) is 0.965. The zero-order valence-electron chi connectivity index (χ0n) is 12.6. The third kappa shape index (κ3) is 4.22. The van der Waals surface area contributed by atoms with Gasteiger partial charge in [-0.05, 0) is 45.7 Å². The highest BCUT2D eigenvalue weighted by atomic mass is 15.3. The third-order valence-electron chi connectivity index (χ3n) is 4.97. The van der Waals surface area contributed by atoms with Gasteiger partial charge < -0.3 is 9.80 Å². The Hall–Kier alpha value is -0.120. The van der Waals surface area contributed by atoms with Crippen LogP contribution in [-0.4, -0.2) is 74.1 Å². The quantitative estimate of drug-likeness (QED) is 0.756. The van der Waals surface area contributed by atoms with Crippen molar-refractivity contribution in [3.63, 3.8) is 0 Å². The van der Waals surface area contributed by atoms with Gasteiger partial charge in [-0.3, -0.25) is 4.90 Å². The highest BCUT2D eigenvalue weighted by Crippen LogP contribution is 2.26. The van der Waals surface area contributed by atoms with Gasteiger partial charge in [0.05, 0.1) is 0 Å². The molecular weight excluding hydrogens is 222 g/mol. The topological polar surface area (TPSA) is 9.72 Å². The first-order valence-corrected chi connectivity index (χ1v) is 7.76. The normalized spacial score (nSPS) is 32.0. The third-order valence-corrected chi connectivity index (χ3v) is 4.97. The molecule has 18 heavy (non-hydrogen) atoms. The van der Waals surface area contributed by atoms with E-state index in [4.69, 9.17) is 0 Å². The van der Waals surface area contributed by atoms with Gasteiger partial charge in [-0.1, -0.05) is 6.92 Å². The average molecular weight is 253 g/mol. The predicted molar refractivity (Wildman–Crippen MR) is 78.0 cm³/mol. The Morgan fingerprint density at radius 3 is 2.22 bits per heavy atom. The van der Waals surface area contributed by atoms with Crippen molar-refractivity contribution >= 4 is 0 Å². The summed E-state index contributed by atoms with van der Waals surface area (Å²) in [7, 11) is 4.56. The number of hydrogen-bond acceptors (Lipinski definition) is 3. The SMILES string of the molecule is CC1CCC(N(C)CCN2CCN(C)CC2)CC1. The molecule has 0 radical (unpaired) electrons. The lowest BCUT2D eigenvalue weighted by Gasteiger charge is -2.37. The molecule has 1 heterocycles. The minimum atomic E-state index is 0.855. The number of rotatable bonds is 4. The fourth-order valence-corrected chi connectivity index (χ4v) is 3.24. The van der Waals surface area contributed by atoms with Crippen LogP contribution in [0.25, 0.3) is 0 Å². The first kappa shape index (κ1) is 14.3. The van der Waals surface area contributed by atoms with Crippen molar-refractivity contribution in [2.75, 3.05) is 53.4 Å². The molecule has 1 aliphatic carbocycles. The van der Waals surface area contributed by atoms with Crippen molar-refractivity contribution < 1.29 is 0 Å². The van der Waals surface area contributed by atoms with E-state index in [-0.39, 0.29) is 0 Å². The van der Waals surface area contributed by atoms with Gasteiger partial charge in [0, 0.05) is 45.3 Å². The van der Waals surface area contributed by atoms with Gasteiger partial charge in [-0.2, -0.15) is 0 Å². The van der Waals surface area contributed by atoms with Crippen LogP contribution in [0.2, 0.25) is 0 Å². The van der Waals surface area contributed by atoms with Crippen molar-refractivity contribution in [2.45, 2.75) is 38.6 Å². The predicted octanol–water partition coefficient (Wildman–Crippen LogP) is 1.74. The van der Waals surface area contributed by atoms with E-state index in [2.05, 4.69) is 35.7 Å². The van der Waals surface area contributed by atoms with E-state index in [1.165, 1.54) is 65.0 Å². The van der Waals surface area contributed by atoms with E-state index in [0.29, 0.717) is 0 Å². The van der Waals surface area contributed by atoms with Crippen LogP contribution in [0.4, 0.5) is 0 Å². The van der Waals surface area contributed by atoms with Gasteiger partial charge >= 0.3 is 0 Å². The first-order valence-electron chi connectivity index (χ1n) is 7.76. The van der Waals surface area contributed by atoms with Crippen molar-refractivity contribution in [1.29, 1.82) is 0 Å². The standard InChI is InChI=1S/C15H31N3/c1-14-4-6-15(7-5-14)17(3)10-13-18-11-8-16(2)9-12-18/h14-15H,4-13H2,1-3H3. The fraction of sp³-hybridized carbons (Fsp3) is 1.00. The van der Waals surface area contributed by atoms with E-state index in [1.54, 1.807) is 0 Å². The first-order chi connectivity index (χ1) is 8.65. The van der Waals surface area contributed by atoms with Crippen molar-refractivity contribution in [3.05, 3.63) is 0 Å². The lowest BCUT2D eigenvalue weighted by atomic mass is 9.87. The summed E-state index contributed by atoms with van der Waals surface area (Å²) in [6.07, 6.45) is 5.70. The number of likely N-dealkylation sites (N-methyl/N-ethyl adjacent to an activating group) is 2. The molecule has 0 bridgehead atoms. The van der Waals surface area contributed by atoms with Gasteiger partial charge in [-0.15, -0.1) is 0 Å². The summed E-state index contributed by atoms with van der Waals surface area (Å²) in [5.41, 5.74) is 0. The molecule has 1 saturated carbocycles. The second-order valence-corrected chi connectivity index (χ2v) is 6.54. The molecule has 0 aromatic heterocycles. The largest absolute Gasteiger partial charge is 0.304 e. The minimum Gasteiger partial charge on any atom is -0.304 e. The Morgan fingerprint density at radius 1 is 1.00 bits per heavy atom. The molecule has 2 aliphatic rings. The summed E-state index contributed by atoms with van der Waals surface area (Å²) in [5, 5.41) is 0. The van der Waals surface area contributed by atoms with E-state index in [1.807, 2.05) is 0 Å². The second kappa shape index (κ2) is 6.88. The molecule has 0 N–H and O–H groups in total. The molecule has 2 rings (SSSR count). The Bertz CT molecular complexity index is 228. The zero-order valence-corrected chi connectivity index (χ0v) is 12.6. The molecule has 2 fully saturated rings. The molecule has 0 atom stereocenters.